The molecular weight excluding hydrogens is 708 g/mol. The monoisotopic (exact) mass is 754 g/mol. The van der Waals surface area contributed by atoms with Crippen molar-refractivity contribution in [3.8, 4) is 11.5 Å². The van der Waals surface area contributed by atoms with Crippen LogP contribution in [0.2, 0.25) is 0 Å². The first kappa shape index (κ1) is 41.8. The van der Waals surface area contributed by atoms with Gasteiger partial charge in [-0.25, -0.2) is 9.59 Å². The molecule has 294 valence electrons. The van der Waals surface area contributed by atoms with Crippen LogP contribution in [-0.4, -0.2) is 155 Å². The van der Waals surface area contributed by atoms with Gasteiger partial charge in [-0.3, -0.25) is 0 Å². The van der Waals surface area contributed by atoms with Crippen molar-refractivity contribution >= 4 is 18.0 Å². The van der Waals surface area contributed by atoms with Crippen LogP contribution in [0.4, 0.5) is 0 Å². The second-order valence-corrected chi connectivity index (χ2v) is 12.3. The second kappa shape index (κ2) is 18.9. The topological polar surface area (TPSA) is 270 Å². The molecule has 4 aliphatic rings. The Morgan fingerprint density at radius 2 is 1.53 bits per heavy atom. The number of aliphatic hydroxyl groups is 7. The lowest BCUT2D eigenvalue weighted by Gasteiger charge is -2.44. The molecule has 18 heteroatoms. The minimum atomic E-state index is -1.82. The summed E-state index contributed by atoms with van der Waals surface area (Å²) in [5.74, 6) is -2.55. The molecule has 0 spiro atoms. The molecule has 1 aliphatic carbocycles. The molecule has 0 radical (unpaired) electrons. The largest absolute Gasteiger partial charge is 0.504 e. The van der Waals surface area contributed by atoms with E-state index in [2.05, 4.69) is 13.2 Å². The van der Waals surface area contributed by atoms with E-state index < -0.39 is 105 Å². The van der Waals surface area contributed by atoms with Gasteiger partial charge < -0.3 is 78.7 Å². The molecule has 8 N–H and O–H groups in total. The minimum Gasteiger partial charge on any atom is -0.504 e. The van der Waals surface area contributed by atoms with Crippen LogP contribution in [0.25, 0.3) is 6.08 Å². The molecule has 0 aromatic heterocycles. The van der Waals surface area contributed by atoms with E-state index in [1.54, 1.807) is 6.08 Å². The molecule has 0 bridgehead atoms. The van der Waals surface area contributed by atoms with Crippen LogP contribution in [0.1, 0.15) is 12.0 Å². The first-order valence-corrected chi connectivity index (χ1v) is 16.5. The van der Waals surface area contributed by atoms with Crippen LogP contribution < -0.4 is 4.74 Å². The number of ether oxygens (including phenoxy) is 8. The number of rotatable bonds is 12. The van der Waals surface area contributed by atoms with Gasteiger partial charge in [0.05, 0.1) is 45.2 Å². The number of phenolic OH excluding ortho intramolecular Hbond substituents is 1. The van der Waals surface area contributed by atoms with Gasteiger partial charge >= 0.3 is 11.9 Å². The molecule has 0 amide bonds. The van der Waals surface area contributed by atoms with Crippen molar-refractivity contribution in [2.45, 2.75) is 74.1 Å². The Balaban J connectivity index is 0.00000308. The fraction of sp³-hybridized carbons (Fsp3) is 0.543. The Morgan fingerprint density at radius 1 is 0.887 bits per heavy atom. The lowest BCUT2D eigenvalue weighted by molar-refractivity contribution is -0.352. The molecule has 2 fully saturated rings. The minimum absolute atomic E-state index is 0.0925. The molecule has 3 aliphatic heterocycles. The molecule has 5 rings (SSSR count). The Hall–Kier alpha value is -3.92. The van der Waals surface area contributed by atoms with Crippen LogP contribution in [0, 0.1) is 11.8 Å². The van der Waals surface area contributed by atoms with Crippen LogP contribution in [0.3, 0.4) is 0 Å². The standard InChI is InChI=1S/C33H42O18.C2H4/c1-44-19-9-14(3-7-18(19)35)4-8-22(36)46-12-20-24(37)26(39)28(41)32(49-20)48-13-21-25(38)27(40)29(42)33(50-21)51-31-23-15(10-34)5-6-16(23)17(11-47-31)30(43)45-2;1-2/h3-5,7-9,11,16,20-21,23-29,31-35,37-42H,6,10,12-13H2,1-2H3;1-2H2/b8-4+;/t16-,20-,21-,23-,24-,25-,26+,27+,28-,29-,31+,32-,33+;/m1./s1. The average Bonchev–Trinajstić information content (AvgIpc) is 3.62. The van der Waals surface area contributed by atoms with Crippen LogP contribution in [0.5, 0.6) is 11.5 Å². The zero-order valence-electron chi connectivity index (χ0n) is 28.9. The van der Waals surface area contributed by atoms with Gasteiger partial charge in [-0.1, -0.05) is 12.1 Å². The van der Waals surface area contributed by atoms with Gasteiger partial charge in [0.1, 0.15) is 55.4 Å². The second-order valence-electron chi connectivity index (χ2n) is 12.3. The van der Waals surface area contributed by atoms with Crippen molar-refractivity contribution in [1.82, 2.24) is 0 Å². The third kappa shape index (κ3) is 9.42. The summed E-state index contributed by atoms with van der Waals surface area (Å²) in [6, 6.07) is 4.37. The number of benzene rings is 1. The lowest BCUT2D eigenvalue weighted by atomic mass is 9.83. The number of allylic oxidation sites excluding steroid dienone is 1. The first-order valence-electron chi connectivity index (χ1n) is 16.5. The molecule has 0 unspecified atom stereocenters. The zero-order chi connectivity index (χ0) is 39.0. The summed E-state index contributed by atoms with van der Waals surface area (Å²) in [5.41, 5.74) is 1.22. The fourth-order valence-corrected chi connectivity index (χ4v) is 6.28. The number of hydrogen-bond donors (Lipinski definition) is 8. The van der Waals surface area contributed by atoms with E-state index in [0.717, 1.165) is 12.3 Å². The number of hydrogen-bond acceptors (Lipinski definition) is 18. The first-order chi connectivity index (χ1) is 25.4. The summed E-state index contributed by atoms with van der Waals surface area (Å²) in [5, 5.41) is 83.1. The van der Waals surface area contributed by atoms with Crippen molar-refractivity contribution in [3.63, 3.8) is 0 Å². The highest BCUT2D eigenvalue weighted by molar-refractivity contribution is 5.89. The van der Waals surface area contributed by atoms with Gasteiger partial charge in [-0.15, -0.1) is 13.2 Å². The quantitative estimate of drug-likeness (QED) is 0.0676. The molecule has 2 saturated heterocycles. The third-order valence-corrected chi connectivity index (χ3v) is 9.16. The highest BCUT2D eigenvalue weighted by Crippen LogP contribution is 2.44. The maximum Gasteiger partial charge on any atom is 0.337 e. The van der Waals surface area contributed by atoms with E-state index in [0.29, 0.717) is 17.6 Å². The molecule has 53 heavy (non-hydrogen) atoms. The van der Waals surface area contributed by atoms with E-state index in [1.807, 2.05) is 0 Å². The predicted octanol–water partition coefficient (Wildman–Crippen LogP) is -1.62. The molecule has 3 heterocycles. The summed E-state index contributed by atoms with van der Waals surface area (Å²) in [7, 11) is 2.58. The van der Waals surface area contributed by atoms with Crippen molar-refractivity contribution in [2.24, 2.45) is 11.8 Å². The number of carbonyl (C=O) groups excluding carboxylic acids is 2. The van der Waals surface area contributed by atoms with Crippen molar-refractivity contribution in [1.29, 1.82) is 0 Å². The fourth-order valence-electron chi connectivity index (χ4n) is 6.28. The van der Waals surface area contributed by atoms with Crippen molar-refractivity contribution in [3.05, 3.63) is 66.5 Å². The maximum atomic E-state index is 12.4. The number of aromatic hydroxyl groups is 1. The van der Waals surface area contributed by atoms with E-state index >= 15 is 0 Å². The zero-order valence-corrected chi connectivity index (χ0v) is 28.9. The van der Waals surface area contributed by atoms with Crippen molar-refractivity contribution < 1.29 is 88.3 Å². The van der Waals surface area contributed by atoms with Gasteiger partial charge in [-0.05, 0) is 35.8 Å². The van der Waals surface area contributed by atoms with Crippen LogP contribution in [0.15, 0.2) is 60.9 Å². The number of fused-ring (bicyclic) bond motifs is 1. The maximum absolute atomic E-state index is 12.4. The summed E-state index contributed by atoms with van der Waals surface area (Å²) in [4.78, 5) is 24.7. The van der Waals surface area contributed by atoms with Gasteiger partial charge in [0.2, 0.25) is 6.29 Å². The normalized spacial score (nSPS) is 35.2. The Kier molecular flexibility index (Phi) is 14.9. The SMILES string of the molecule is C=C.COC(=O)C1=CO[C@@H](O[C@@H]2O[C@H](CO[C@@H]3O[C@H](COC(=O)/C=C/c4ccc(O)c(OC)c4)[C@@H](O)[C@H](O)[C@H]3O)[C@@H](O)[C@H](O)[C@H]2O)[C@@H]2C(CO)=CC[C@H]12. The van der Waals surface area contributed by atoms with Gasteiger partial charge in [0.25, 0.3) is 0 Å². The average molecular weight is 755 g/mol. The molecule has 1 aromatic rings. The molecule has 1 aromatic carbocycles. The van der Waals surface area contributed by atoms with Gasteiger partial charge in [0.15, 0.2) is 24.1 Å². The van der Waals surface area contributed by atoms with Crippen LogP contribution >= 0.6 is 0 Å². The highest BCUT2D eigenvalue weighted by Gasteiger charge is 2.51. The molecule has 0 saturated carbocycles. The van der Waals surface area contributed by atoms with E-state index in [-0.39, 0.29) is 23.7 Å². The summed E-state index contributed by atoms with van der Waals surface area (Å²) in [6.45, 7) is 4.45. The van der Waals surface area contributed by atoms with E-state index in [1.165, 1.54) is 38.5 Å². The number of esters is 2. The molecule has 13 atom stereocenters. The Morgan fingerprint density at radius 3 is 2.17 bits per heavy atom. The lowest BCUT2D eigenvalue weighted by Crippen LogP contribution is -2.62. The summed E-state index contributed by atoms with van der Waals surface area (Å²) in [6.07, 6.45) is -12.2. The molecule has 18 nitrogen and oxygen atoms in total. The molecular formula is C35H46O18. The van der Waals surface area contributed by atoms with E-state index in [9.17, 15) is 50.4 Å². The highest BCUT2D eigenvalue weighted by atomic mass is 16.8. The van der Waals surface area contributed by atoms with Gasteiger partial charge in [0, 0.05) is 12.0 Å². The summed E-state index contributed by atoms with van der Waals surface area (Å²) >= 11 is 0. The Bertz CT molecular complexity index is 1490. The number of methoxy groups -OCH3 is 2. The number of carbonyl (C=O) groups is 2. The summed E-state index contributed by atoms with van der Waals surface area (Å²) < 4.78 is 43.4. The smallest absolute Gasteiger partial charge is 0.337 e. The van der Waals surface area contributed by atoms with Gasteiger partial charge in [-0.2, -0.15) is 0 Å². The van der Waals surface area contributed by atoms with Crippen molar-refractivity contribution in [2.75, 3.05) is 34.0 Å². The number of aliphatic hydroxyl groups excluding tert-OH is 7. The Labute approximate surface area is 304 Å². The van der Waals surface area contributed by atoms with Crippen LogP contribution in [-0.2, 0) is 42.7 Å². The third-order valence-electron chi connectivity index (χ3n) is 9.16. The van der Waals surface area contributed by atoms with E-state index in [4.69, 9.17) is 37.9 Å². The number of phenols is 1. The predicted molar refractivity (Wildman–Crippen MR) is 178 cm³/mol.